The maximum Gasteiger partial charge on any atom is 0.308 e. The Labute approximate surface area is 104 Å². The molecule has 5 nitrogen and oxygen atoms in total. The van der Waals surface area contributed by atoms with Gasteiger partial charge >= 0.3 is 5.97 Å². The Balaban J connectivity index is 2.55. The second-order valence-electron chi connectivity index (χ2n) is 4.17. The Hall–Kier alpha value is -1.43. The standard InChI is InChI=1S/C11H16N2O3S/c1-6(2)10-13-8(5-17-10)9(14)12-4-7(3)11(15)16/h5-7H,4H2,1-3H3,(H,12,14)(H,15,16). The Kier molecular flexibility index (Phi) is 4.62. The van der Waals surface area contributed by atoms with Gasteiger partial charge in [0.1, 0.15) is 5.69 Å². The third-order valence-corrected chi connectivity index (χ3v) is 3.38. The minimum atomic E-state index is -0.925. The molecular weight excluding hydrogens is 240 g/mol. The number of rotatable bonds is 5. The van der Waals surface area contributed by atoms with Crippen molar-refractivity contribution in [1.29, 1.82) is 0 Å². The molecule has 0 saturated heterocycles. The van der Waals surface area contributed by atoms with Crippen molar-refractivity contribution < 1.29 is 14.7 Å². The van der Waals surface area contributed by atoms with Crippen LogP contribution in [0.4, 0.5) is 0 Å². The number of aliphatic carboxylic acids is 1. The molecule has 94 valence electrons. The topological polar surface area (TPSA) is 79.3 Å². The van der Waals surface area contributed by atoms with E-state index < -0.39 is 11.9 Å². The summed E-state index contributed by atoms with van der Waals surface area (Å²) in [4.78, 5) is 26.4. The highest BCUT2D eigenvalue weighted by atomic mass is 32.1. The fraction of sp³-hybridized carbons (Fsp3) is 0.545. The summed E-state index contributed by atoms with van der Waals surface area (Å²) in [6.45, 7) is 5.67. The first-order chi connectivity index (χ1) is 7.91. The summed E-state index contributed by atoms with van der Waals surface area (Å²) in [6, 6.07) is 0. The van der Waals surface area contributed by atoms with Gasteiger partial charge in [0.05, 0.1) is 10.9 Å². The molecule has 1 aromatic heterocycles. The van der Waals surface area contributed by atoms with Crippen LogP contribution in [-0.2, 0) is 4.79 Å². The van der Waals surface area contributed by atoms with Crippen molar-refractivity contribution in [3.05, 3.63) is 16.1 Å². The van der Waals surface area contributed by atoms with Gasteiger partial charge in [-0.3, -0.25) is 9.59 Å². The maximum absolute atomic E-state index is 11.6. The lowest BCUT2D eigenvalue weighted by molar-refractivity contribution is -0.140. The number of carbonyl (C=O) groups is 2. The fourth-order valence-corrected chi connectivity index (χ4v) is 1.90. The zero-order valence-electron chi connectivity index (χ0n) is 10.1. The van der Waals surface area contributed by atoms with E-state index in [0.29, 0.717) is 11.6 Å². The summed E-state index contributed by atoms with van der Waals surface area (Å²) in [5.41, 5.74) is 0.358. The molecule has 6 heteroatoms. The molecular formula is C11H16N2O3S. The number of aromatic nitrogens is 1. The van der Waals surface area contributed by atoms with E-state index in [1.54, 1.807) is 12.3 Å². The summed E-state index contributed by atoms with van der Waals surface area (Å²) in [5, 5.41) is 13.8. The minimum absolute atomic E-state index is 0.114. The molecule has 0 aliphatic heterocycles. The molecule has 0 radical (unpaired) electrons. The highest BCUT2D eigenvalue weighted by Crippen LogP contribution is 2.18. The van der Waals surface area contributed by atoms with E-state index in [4.69, 9.17) is 5.11 Å². The first-order valence-corrected chi connectivity index (χ1v) is 6.26. The van der Waals surface area contributed by atoms with Gasteiger partial charge in [0.15, 0.2) is 0 Å². The Morgan fingerprint density at radius 3 is 2.59 bits per heavy atom. The van der Waals surface area contributed by atoms with Gasteiger partial charge in [0.2, 0.25) is 0 Å². The normalized spacial score (nSPS) is 12.5. The second kappa shape index (κ2) is 5.77. The molecule has 1 heterocycles. The van der Waals surface area contributed by atoms with E-state index in [-0.39, 0.29) is 12.5 Å². The third-order valence-electron chi connectivity index (χ3n) is 2.24. The second-order valence-corrected chi connectivity index (χ2v) is 5.06. The largest absolute Gasteiger partial charge is 0.481 e. The van der Waals surface area contributed by atoms with Crippen molar-refractivity contribution in [2.75, 3.05) is 6.54 Å². The predicted octanol–water partition coefficient (Wildman–Crippen LogP) is 1.72. The van der Waals surface area contributed by atoms with Crippen LogP contribution in [-0.4, -0.2) is 28.5 Å². The van der Waals surface area contributed by atoms with Crippen LogP contribution in [0.5, 0.6) is 0 Å². The number of carbonyl (C=O) groups excluding carboxylic acids is 1. The van der Waals surface area contributed by atoms with E-state index >= 15 is 0 Å². The smallest absolute Gasteiger partial charge is 0.308 e. The lowest BCUT2D eigenvalue weighted by Crippen LogP contribution is -2.31. The van der Waals surface area contributed by atoms with E-state index in [2.05, 4.69) is 10.3 Å². The van der Waals surface area contributed by atoms with Crippen molar-refractivity contribution in [1.82, 2.24) is 10.3 Å². The van der Waals surface area contributed by atoms with E-state index in [1.807, 2.05) is 13.8 Å². The summed E-state index contributed by atoms with van der Waals surface area (Å²) in [6.07, 6.45) is 0. The van der Waals surface area contributed by atoms with Gasteiger partial charge in [-0.25, -0.2) is 4.98 Å². The summed E-state index contributed by atoms with van der Waals surface area (Å²) in [5.74, 6) is -1.55. The van der Waals surface area contributed by atoms with Gasteiger partial charge in [-0.2, -0.15) is 0 Å². The van der Waals surface area contributed by atoms with Crippen LogP contribution < -0.4 is 5.32 Å². The molecule has 1 amide bonds. The fourth-order valence-electron chi connectivity index (χ4n) is 1.08. The van der Waals surface area contributed by atoms with Crippen LogP contribution in [0.3, 0.4) is 0 Å². The van der Waals surface area contributed by atoms with Crippen LogP contribution in [0, 0.1) is 5.92 Å². The lowest BCUT2D eigenvalue weighted by atomic mass is 10.2. The van der Waals surface area contributed by atoms with Crippen molar-refractivity contribution in [3.63, 3.8) is 0 Å². The molecule has 1 rings (SSSR count). The molecule has 1 atom stereocenters. The maximum atomic E-state index is 11.6. The highest BCUT2D eigenvalue weighted by molar-refractivity contribution is 7.09. The number of carboxylic acid groups (broad SMARTS) is 1. The Bertz CT molecular complexity index is 415. The number of amides is 1. The van der Waals surface area contributed by atoms with Crippen molar-refractivity contribution >= 4 is 23.2 Å². The van der Waals surface area contributed by atoms with Crippen molar-refractivity contribution in [3.8, 4) is 0 Å². The van der Waals surface area contributed by atoms with Crippen LogP contribution in [0.1, 0.15) is 42.2 Å². The van der Waals surface area contributed by atoms with Crippen LogP contribution in [0.25, 0.3) is 0 Å². The highest BCUT2D eigenvalue weighted by Gasteiger charge is 2.15. The number of nitrogens with one attached hydrogen (secondary N) is 1. The van der Waals surface area contributed by atoms with Gasteiger partial charge in [-0.15, -0.1) is 11.3 Å². The molecule has 2 N–H and O–H groups in total. The molecule has 1 unspecified atom stereocenters. The van der Waals surface area contributed by atoms with E-state index in [0.717, 1.165) is 5.01 Å². The quantitative estimate of drug-likeness (QED) is 0.840. The van der Waals surface area contributed by atoms with Gasteiger partial charge in [-0.1, -0.05) is 20.8 Å². The summed E-state index contributed by atoms with van der Waals surface area (Å²) in [7, 11) is 0. The number of nitrogens with zero attached hydrogens (tertiary/aromatic N) is 1. The summed E-state index contributed by atoms with van der Waals surface area (Å²) >= 11 is 1.44. The lowest BCUT2D eigenvalue weighted by Gasteiger charge is -2.06. The molecule has 0 saturated carbocycles. The van der Waals surface area contributed by atoms with Gasteiger partial charge < -0.3 is 10.4 Å². The molecule has 0 aromatic carbocycles. The SMILES string of the molecule is CC(CNC(=O)c1csc(C(C)C)n1)C(=O)O. The van der Waals surface area contributed by atoms with Gasteiger partial charge in [-0.05, 0) is 0 Å². The molecule has 0 spiro atoms. The van der Waals surface area contributed by atoms with Crippen LogP contribution in [0.2, 0.25) is 0 Å². The van der Waals surface area contributed by atoms with Crippen molar-refractivity contribution in [2.45, 2.75) is 26.7 Å². The molecule has 1 aromatic rings. The van der Waals surface area contributed by atoms with Crippen LogP contribution >= 0.6 is 11.3 Å². The average molecular weight is 256 g/mol. The predicted molar refractivity (Wildman–Crippen MR) is 65.3 cm³/mol. The van der Waals surface area contributed by atoms with E-state index in [1.165, 1.54) is 11.3 Å². The van der Waals surface area contributed by atoms with Gasteiger partial charge in [0.25, 0.3) is 5.91 Å². The van der Waals surface area contributed by atoms with Gasteiger partial charge in [0, 0.05) is 17.8 Å². The first-order valence-electron chi connectivity index (χ1n) is 5.38. The Morgan fingerprint density at radius 2 is 2.12 bits per heavy atom. The molecule has 0 bridgehead atoms. The zero-order chi connectivity index (χ0) is 13.0. The molecule has 17 heavy (non-hydrogen) atoms. The Morgan fingerprint density at radius 1 is 1.47 bits per heavy atom. The summed E-state index contributed by atoms with van der Waals surface area (Å²) < 4.78 is 0. The average Bonchev–Trinajstić information content (AvgIpc) is 2.74. The molecule has 0 aliphatic rings. The minimum Gasteiger partial charge on any atom is -0.481 e. The number of thiazole rings is 1. The monoisotopic (exact) mass is 256 g/mol. The molecule has 0 aliphatic carbocycles. The number of carboxylic acids is 1. The van der Waals surface area contributed by atoms with E-state index in [9.17, 15) is 9.59 Å². The molecule has 0 fully saturated rings. The van der Waals surface area contributed by atoms with Crippen molar-refractivity contribution in [2.24, 2.45) is 5.92 Å². The number of hydrogen-bond donors (Lipinski definition) is 2. The number of hydrogen-bond acceptors (Lipinski definition) is 4. The first kappa shape index (κ1) is 13.6. The van der Waals surface area contributed by atoms with Crippen LogP contribution in [0.15, 0.2) is 5.38 Å². The third kappa shape index (κ3) is 3.81. The zero-order valence-corrected chi connectivity index (χ0v) is 10.9.